The molecule has 1 saturated carbocycles. The summed E-state index contributed by atoms with van der Waals surface area (Å²) >= 11 is 0. The molecule has 2 saturated heterocycles. The third-order valence-electron chi connectivity index (χ3n) is 8.61. The van der Waals surface area contributed by atoms with Crippen molar-refractivity contribution in [3.05, 3.63) is 65.2 Å². The van der Waals surface area contributed by atoms with E-state index < -0.39 is 12.3 Å². The summed E-state index contributed by atoms with van der Waals surface area (Å²) in [4.78, 5) is 25.4. The standard InChI is InChI=1S/C32H42N2O6/c1-31(2)15-25-16-32(3,19-31)20-34(25)17-26-14-27(22-6-4-21(18-35)5-7-22)40-30(39-26)23-8-10-24(11-9-23)33-28(36)12-13-29(37)38/h4-11,25-27,30,35H,12-20H2,1-3H3,(H,33,36)(H,37,38)/t25?,26-,27+,30+,32?/m0/s1. The van der Waals surface area contributed by atoms with Gasteiger partial charge in [-0.2, -0.15) is 0 Å². The van der Waals surface area contributed by atoms with Gasteiger partial charge in [-0.15, -0.1) is 0 Å². The smallest absolute Gasteiger partial charge is 0.303 e. The number of fused-ring (bicyclic) bond motifs is 2. The molecule has 1 amide bonds. The average Bonchev–Trinajstić information content (AvgIpc) is 3.14. The minimum Gasteiger partial charge on any atom is -0.481 e. The van der Waals surface area contributed by atoms with E-state index in [4.69, 9.17) is 14.6 Å². The van der Waals surface area contributed by atoms with Gasteiger partial charge in [0.25, 0.3) is 0 Å². The maximum Gasteiger partial charge on any atom is 0.303 e. The van der Waals surface area contributed by atoms with E-state index in [0.717, 1.165) is 36.2 Å². The molecular formula is C32H42N2O6. The van der Waals surface area contributed by atoms with Gasteiger partial charge < -0.3 is 25.0 Å². The molecule has 2 bridgehead atoms. The molecule has 0 aromatic heterocycles. The van der Waals surface area contributed by atoms with Gasteiger partial charge >= 0.3 is 5.97 Å². The van der Waals surface area contributed by atoms with Gasteiger partial charge in [0.15, 0.2) is 6.29 Å². The summed E-state index contributed by atoms with van der Waals surface area (Å²) in [6.45, 7) is 9.18. The van der Waals surface area contributed by atoms with Gasteiger partial charge in [0.1, 0.15) is 0 Å². The Balaban J connectivity index is 1.31. The highest BCUT2D eigenvalue weighted by Crippen LogP contribution is 2.53. The lowest BCUT2D eigenvalue weighted by molar-refractivity contribution is -0.253. The molecule has 3 N–H and O–H groups in total. The van der Waals surface area contributed by atoms with Crippen molar-refractivity contribution >= 4 is 17.6 Å². The first kappa shape index (κ1) is 28.7. The fourth-order valence-corrected chi connectivity index (χ4v) is 7.25. The van der Waals surface area contributed by atoms with Crippen LogP contribution in [0.25, 0.3) is 0 Å². The fourth-order valence-electron chi connectivity index (χ4n) is 7.25. The topological polar surface area (TPSA) is 108 Å². The molecule has 3 aliphatic rings. The zero-order chi connectivity index (χ0) is 28.5. The second kappa shape index (κ2) is 11.6. The number of nitrogens with zero attached hydrogens (tertiary/aromatic N) is 1. The van der Waals surface area contributed by atoms with Crippen molar-refractivity contribution in [3.63, 3.8) is 0 Å². The van der Waals surface area contributed by atoms with Crippen molar-refractivity contribution in [2.45, 2.75) is 90.4 Å². The molecule has 2 heterocycles. The van der Waals surface area contributed by atoms with E-state index >= 15 is 0 Å². The van der Waals surface area contributed by atoms with E-state index in [-0.39, 0.29) is 37.6 Å². The third kappa shape index (κ3) is 6.92. The van der Waals surface area contributed by atoms with E-state index in [1.807, 2.05) is 36.4 Å². The van der Waals surface area contributed by atoms with Gasteiger partial charge in [0.05, 0.1) is 25.2 Å². The largest absolute Gasteiger partial charge is 0.481 e. The van der Waals surface area contributed by atoms with Crippen LogP contribution in [0.4, 0.5) is 5.69 Å². The van der Waals surface area contributed by atoms with Gasteiger partial charge in [-0.1, -0.05) is 57.2 Å². The summed E-state index contributed by atoms with van der Waals surface area (Å²) in [5, 5.41) is 21.0. The minimum absolute atomic E-state index is 0.00479. The number of rotatable bonds is 9. The zero-order valence-corrected chi connectivity index (χ0v) is 23.8. The lowest BCUT2D eigenvalue weighted by Gasteiger charge is -2.41. The SMILES string of the molecule is CC1(C)CC2CC(C)(CN2C[C@@H]2C[C@H](c3ccc(CO)cc3)O[C@H](c3ccc(NC(=O)CCC(=O)O)cc3)O2)C1. The summed E-state index contributed by atoms with van der Waals surface area (Å²) < 4.78 is 13.1. The number of carbonyl (C=O) groups excluding carboxylic acids is 1. The molecule has 3 fully saturated rings. The van der Waals surface area contributed by atoms with Gasteiger partial charge in [-0.25, -0.2) is 0 Å². The number of likely N-dealkylation sites (tertiary alicyclic amines) is 1. The Morgan fingerprint density at radius 3 is 2.35 bits per heavy atom. The lowest BCUT2D eigenvalue weighted by atomic mass is 9.65. The number of benzene rings is 2. The van der Waals surface area contributed by atoms with Gasteiger partial charge in [-0.05, 0) is 53.4 Å². The van der Waals surface area contributed by atoms with Crippen molar-refractivity contribution in [2.24, 2.45) is 10.8 Å². The number of carboxylic acid groups (broad SMARTS) is 1. The Hall–Kier alpha value is -2.78. The number of hydrogen-bond acceptors (Lipinski definition) is 6. The number of hydrogen-bond donors (Lipinski definition) is 3. The van der Waals surface area contributed by atoms with Crippen LogP contribution in [-0.4, -0.2) is 52.2 Å². The van der Waals surface area contributed by atoms with Crippen LogP contribution < -0.4 is 5.32 Å². The van der Waals surface area contributed by atoms with E-state index in [0.29, 0.717) is 22.6 Å². The number of aliphatic hydroxyl groups excluding tert-OH is 1. The minimum atomic E-state index is -0.998. The van der Waals surface area contributed by atoms with Gasteiger partial charge in [0.2, 0.25) is 5.91 Å². The van der Waals surface area contributed by atoms with Crippen molar-refractivity contribution < 1.29 is 29.3 Å². The molecule has 2 aromatic rings. The summed E-state index contributed by atoms with van der Waals surface area (Å²) in [5.74, 6) is -1.33. The molecule has 0 spiro atoms. The van der Waals surface area contributed by atoms with Gasteiger partial charge in [-0.3, -0.25) is 14.5 Å². The molecule has 2 unspecified atom stereocenters. The molecule has 0 radical (unpaired) electrons. The van der Waals surface area contributed by atoms with E-state index in [1.165, 1.54) is 19.3 Å². The Morgan fingerprint density at radius 2 is 1.68 bits per heavy atom. The first-order chi connectivity index (χ1) is 19.0. The molecule has 2 aliphatic heterocycles. The molecule has 216 valence electrons. The molecule has 5 atom stereocenters. The number of carbonyl (C=O) groups is 2. The van der Waals surface area contributed by atoms with E-state index in [1.54, 1.807) is 12.1 Å². The first-order valence-electron chi connectivity index (χ1n) is 14.4. The number of anilines is 1. The van der Waals surface area contributed by atoms with Crippen LogP contribution in [0.3, 0.4) is 0 Å². The van der Waals surface area contributed by atoms with E-state index in [9.17, 15) is 14.7 Å². The van der Waals surface area contributed by atoms with Crippen molar-refractivity contribution in [1.29, 1.82) is 0 Å². The van der Waals surface area contributed by atoms with Crippen LogP contribution in [0.15, 0.2) is 48.5 Å². The highest BCUT2D eigenvalue weighted by Gasteiger charge is 2.50. The van der Waals surface area contributed by atoms with Crippen molar-refractivity contribution in [2.75, 3.05) is 18.4 Å². The lowest BCUT2D eigenvalue weighted by Crippen LogP contribution is -2.42. The van der Waals surface area contributed by atoms with Crippen LogP contribution in [0.2, 0.25) is 0 Å². The number of amides is 1. The molecule has 5 rings (SSSR count). The van der Waals surface area contributed by atoms with E-state index in [2.05, 4.69) is 31.0 Å². The van der Waals surface area contributed by atoms with Crippen molar-refractivity contribution in [1.82, 2.24) is 4.90 Å². The van der Waals surface area contributed by atoms with Crippen molar-refractivity contribution in [3.8, 4) is 0 Å². The molecular weight excluding hydrogens is 508 g/mol. The second-order valence-electron chi connectivity index (χ2n) is 13.1. The van der Waals surface area contributed by atoms with Gasteiger partial charge in [0, 0.05) is 43.2 Å². The molecule has 1 aliphatic carbocycles. The maximum atomic E-state index is 12.1. The summed E-state index contributed by atoms with van der Waals surface area (Å²) in [6, 6.07) is 15.9. The zero-order valence-electron chi connectivity index (χ0n) is 23.8. The summed E-state index contributed by atoms with van der Waals surface area (Å²) in [7, 11) is 0. The normalized spacial score (nSPS) is 29.7. The Bertz CT molecular complexity index is 1200. The molecule has 8 nitrogen and oxygen atoms in total. The summed E-state index contributed by atoms with van der Waals surface area (Å²) in [5.41, 5.74) is 4.09. The molecule has 2 aromatic carbocycles. The quantitative estimate of drug-likeness (QED) is 0.382. The predicted molar refractivity (Wildman–Crippen MR) is 151 cm³/mol. The first-order valence-corrected chi connectivity index (χ1v) is 14.4. The second-order valence-corrected chi connectivity index (χ2v) is 13.1. The number of ether oxygens (including phenoxy) is 2. The maximum absolute atomic E-state index is 12.1. The fraction of sp³-hybridized carbons (Fsp3) is 0.562. The Labute approximate surface area is 236 Å². The van der Waals surface area contributed by atoms with Crippen LogP contribution in [0.5, 0.6) is 0 Å². The number of aliphatic hydroxyl groups is 1. The van der Waals surface area contributed by atoms with Crippen LogP contribution >= 0.6 is 0 Å². The monoisotopic (exact) mass is 550 g/mol. The average molecular weight is 551 g/mol. The highest BCUT2D eigenvalue weighted by atomic mass is 16.7. The number of aliphatic carboxylic acids is 1. The third-order valence-corrected chi connectivity index (χ3v) is 8.61. The summed E-state index contributed by atoms with van der Waals surface area (Å²) in [6.07, 6.45) is 3.45. The number of nitrogens with one attached hydrogen (secondary N) is 1. The predicted octanol–water partition coefficient (Wildman–Crippen LogP) is 5.43. The van der Waals surface area contributed by atoms with Crippen LogP contribution in [-0.2, 0) is 25.7 Å². The Kier molecular flexibility index (Phi) is 8.34. The van der Waals surface area contributed by atoms with Crippen LogP contribution in [0, 0.1) is 10.8 Å². The van der Waals surface area contributed by atoms with Crippen LogP contribution in [0.1, 0.15) is 88.4 Å². The Morgan fingerprint density at radius 1 is 0.975 bits per heavy atom. The number of carboxylic acids is 1. The highest BCUT2D eigenvalue weighted by molar-refractivity contribution is 5.92. The molecule has 8 heteroatoms. The molecule has 40 heavy (non-hydrogen) atoms.